The number of nitro benzene ring substituents is 1. The predicted octanol–water partition coefficient (Wildman–Crippen LogP) is 4.32. The zero-order chi connectivity index (χ0) is 24.7. The summed E-state index contributed by atoms with van der Waals surface area (Å²) < 4.78 is 15.6. The first-order valence-electron chi connectivity index (χ1n) is 9.92. The van der Waals surface area contributed by atoms with Gasteiger partial charge in [-0.05, 0) is 25.1 Å². The molecule has 0 fully saturated rings. The van der Waals surface area contributed by atoms with Gasteiger partial charge in [-0.25, -0.2) is 9.78 Å². The largest absolute Gasteiger partial charge is 0.497 e. The number of hydrogen-bond acceptors (Lipinski definition) is 9. The number of non-ortho nitro benzene ring substituents is 1. The van der Waals surface area contributed by atoms with Gasteiger partial charge in [0.05, 0.1) is 24.8 Å². The van der Waals surface area contributed by atoms with Crippen LogP contribution in [0.25, 0.3) is 17.3 Å². The average Bonchev–Trinajstić information content (AvgIpc) is 3.31. The molecule has 0 saturated carbocycles. The quantitative estimate of drug-likeness (QED) is 0.206. The van der Waals surface area contributed by atoms with Crippen molar-refractivity contribution < 1.29 is 28.7 Å². The molecule has 1 unspecified atom stereocenters. The van der Waals surface area contributed by atoms with E-state index in [9.17, 15) is 19.7 Å². The lowest BCUT2D eigenvalue weighted by atomic mass is 10.1. The fourth-order valence-corrected chi connectivity index (χ4v) is 3.55. The number of thiazole rings is 1. The van der Waals surface area contributed by atoms with Crippen LogP contribution in [0.3, 0.4) is 0 Å². The van der Waals surface area contributed by atoms with Crippen molar-refractivity contribution in [3.05, 3.63) is 69.6 Å². The summed E-state index contributed by atoms with van der Waals surface area (Å²) >= 11 is 1.15. The number of ether oxygens (including phenoxy) is 3. The fraction of sp³-hybridized carbons (Fsp3) is 0.174. The second-order valence-corrected chi connectivity index (χ2v) is 7.71. The third-order valence-corrected chi connectivity index (χ3v) is 5.35. The number of amides is 1. The number of nitrogens with one attached hydrogen (secondary N) is 1. The molecular weight excluding hydrogens is 462 g/mol. The minimum absolute atomic E-state index is 0.0584. The number of nitrogens with zero attached hydrogens (tertiary/aromatic N) is 2. The van der Waals surface area contributed by atoms with E-state index < -0.39 is 22.9 Å². The lowest BCUT2D eigenvalue weighted by Gasteiger charge is -2.11. The van der Waals surface area contributed by atoms with E-state index in [1.807, 2.05) is 0 Å². The van der Waals surface area contributed by atoms with E-state index in [0.717, 1.165) is 11.3 Å². The van der Waals surface area contributed by atoms with Crippen molar-refractivity contribution in [1.29, 1.82) is 0 Å². The van der Waals surface area contributed by atoms with Crippen LogP contribution in [0.2, 0.25) is 0 Å². The second kappa shape index (κ2) is 11.1. The van der Waals surface area contributed by atoms with Crippen molar-refractivity contribution in [2.75, 3.05) is 19.5 Å². The molecule has 0 bridgehead atoms. The Hall–Kier alpha value is -4.25. The highest BCUT2D eigenvalue weighted by Crippen LogP contribution is 2.28. The highest BCUT2D eigenvalue weighted by Gasteiger charge is 2.19. The number of benzene rings is 2. The number of hydrogen-bond donors (Lipinski definition) is 1. The van der Waals surface area contributed by atoms with Gasteiger partial charge in [0.15, 0.2) is 11.2 Å². The molecule has 11 heteroatoms. The average molecular weight is 484 g/mol. The van der Waals surface area contributed by atoms with Crippen molar-refractivity contribution in [3.63, 3.8) is 0 Å². The first-order valence-corrected chi connectivity index (χ1v) is 10.8. The summed E-state index contributed by atoms with van der Waals surface area (Å²) in [6.07, 6.45) is 1.62. The Morgan fingerprint density at radius 2 is 1.97 bits per heavy atom. The molecule has 0 spiro atoms. The summed E-state index contributed by atoms with van der Waals surface area (Å²) in [5.41, 5.74) is 1.60. The van der Waals surface area contributed by atoms with E-state index in [-0.39, 0.29) is 10.8 Å². The maximum atomic E-state index is 12.4. The number of carbonyl (C=O) groups excluding carboxylic acids is 2. The number of methoxy groups -OCH3 is 2. The van der Waals surface area contributed by atoms with Crippen LogP contribution >= 0.6 is 11.3 Å². The Kier molecular flexibility index (Phi) is 7.93. The third kappa shape index (κ3) is 6.17. The van der Waals surface area contributed by atoms with E-state index >= 15 is 0 Å². The summed E-state index contributed by atoms with van der Waals surface area (Å²) in [5, 5.41) is 15.5. The van der Waals surface area contributed by atoms with Gasteiger partial charge < -0.3 is 14.2 Å². The van der Waals surface area contributed by atoms with Gasteiger partial charge in [0.2, 0.25) is 0 Å². The van der Waals surface area contributed by atoms with Crippen molar-refractivity contribution in [3.8, 4) is 22.8 Å². The third-order valence-electron chi connectivity index (χ3n) is 4.59. The van der Waals surface area contributed by atoms with Crippen LogP contribution in [-0.2, 0) is 14.3 Å². The van der Waals surface area contributed by atoms with Gasteiger partial charge in [-0.2, -0.15) is 0 Å². The van der Waals surface area contributed by atoms with Crippen molar-refractivity contribution >= 4 is 40.1 Å². The Labute approximate surface area is 199 Å². The SMILES string of the molecule is COc1ccc(/C=C/C(=O)OC(C)C(=O)Nc2nc(-c3cccc([N+](=O)[O-])c3)cs2)c(OC)c1. The van der Waals surface area contributed by atoms with E-state index in [4.69, 9.17) is 14.2 Å². The van der Waals surface area contributed by atoms with Crippen LogP contribution < -0.4 is 14.8 Å². The molecule has 0 aliphatic carbocycles. The van der Waals surface area contributed by atoms with Crippen LogP contribution in [0.15, 0.2) is 53.9 Å². The van der Waals surface area contributed by atoms with E-state index in [2.05, 4.69) is 10.3 Å². The van der Waals surface area contributed by atoms with E-state index in [1.54, 1.807) is 35.7 Å². The zero-order valence-corrected chi connectivity index (χ0v) is 19.3. The number of aromatic nitrogens is 1. The lowest BCUT2D eigenvalue weighted by Crippen LogP contribution is -2.29. The smallest absolute Gasteiger partial charge is 0.331 e. The number of anilines is 1. The monoisotopic (exact) mass is 483 g/mol. The van der Waals surface area contributed by atoms with Crippen LogP contribution in [0.5, 0.6) is 11.5 Å². The summed E-state index contributed by atoms with van der Waals surface area (Å²) in [6, 6.07) is 11.1. The van der Waals surface area contributed by atoms with Crippen LogP contribution in [0.1, 0.15) is 12.5 Å². The summed E-state index contributed by atoms with van der Waals surface area (Å²) in [5.74, 6) is -0.157. The van der Waals surface area contributed by atoms with Gasteiger partial charge >= 0.3 is 5.97 Å². The maximum absolute atomic E-state index is 12.4. The molecule has 0 saturated heterocycles. The summed E-state index contributed by atoms with van der Waals surface area (Å²) in [7, 11) is 3.04. The highest BCUT2D eigenvalue weighted by molar-refractivity contribution is 7.14. The Morgan fingerprint density at radius 1 is 1.18 bits per heavy atom. The molecule has 3 aromatic rings. The van der Waals surface area contributed by atoms with Gasteiger partial charge in [-0.3, -0.25) is 20.2 Å². The molecule has 2 aromatic carbocycles. The Morgan fingerprint density at radius 3 is 2.68 bits per heavy atom. The van der Waals surface area contributed by atoms with Gasteiger partial charge in [0.25, 0.3) is 11.6 Å². The normalized spacial score (nSPS) is 11.6. The molecule has 1 N–H and O–H groups in total. The molecule has 34 heavy (non-hydrogen) atoms. The summed E-state index contributed by atoms with van der Waals surface area (Å²) in [6.45, 7) is 1.43. The molecule has 176 valence electrons. The zero-order valence-electron chi connectivity index (χ0n) is 18.5. The van der Waals surface area contributed by atoms with E-state index in [1.165, 1.54) is 45.4 Å². The molecule has 0 radical (unpaired) electrons. The number of rotatable bonds is 9. The molecule has 1 amide bonds. The van der Waals surface area contributed by atoms with Crippen molar-refractivity contribution in [2.24, 2.45) is 0 Å². The molecule has 10 nitrogen and oxygen atoms in total. The van der Waals surface area contributed by atoms with Crippen molar-refractivity contribution in [1.82, 2.24) is 4.98 Å². The fourth-order valence-electron chi connectivity index (χ4n) is 2.83. The van der Waals surface area contributed by atoms with Crippen LogP contribution in [-0.4, -0.2) is 42.1 Å². The standard InChI is InChI=1S/C23H21N3O7S/c1-14(33-21(27)10-8-15-7-9-18(31-2)12-20(15)32-3)22(28)25-23-24-19(13-34-23)16-5-4-6-17(11-16)26(29)30/h4-14H,1-3H3,(H,24,25,28)/b10-8+. The highest BCUT2D eigenvalue weighted by atomic mass is 32.1. The molecule has 1 atom stereocenters. The maximum Gasteiger partial charge on any atom is 0.331 e. The second-order valence-electron chi connectivity index (χ2n) is 6.85. The Bertz CT molecular complexity index is 1240. The number of esters is 1. The first-order chi connectivity index (χ1) is 16.3. The topological polar surface area (TPSA) is 130 Å². The van der Waals surface area contributed by atoms with Gasteiger partial charge in [0.1, 0.15) is 11.5 Å². The molecule has 0 aliphatic heterocycles. The lowest BCUT2D eigenvalue weighted by molar-refractivity contribution is -0.384. The summed E-state index contributed by atoms with van der Waals surface area (Å²) in [4.78, 5) is 39.3. The van der Waals surface area contributed by atoms with Crippen molar-refractivity contribution in [2.45, 2.75) is 13.0 Å². The molecular formula is C23H21N3O7S. The minimum atomic E-state index is -1.08. The van der Waals surface area contributed by atoms with Crippen LogP contribution in [0.4, 0.5) is 10.8 Å². The first kappa shape index (κ1) is 24.4. The van der Waals surface area contributed by atoms with Crippen LogP contribution in [0, 0.1) is 10.1 Å². The van der Waals surface area contributed by atoms with Gasteiger partial charge in [-0.1, -0.05) is 12.1 Å². The predicted molar refractivity (Wildman–Crippen MR) is 127 cm³/mol. The van der Waals surface area contributed by atoms with Gasteiger partial charge in [-0.15, -0.1) is 11.3 Å². The van der Waals surface area contributed by atoms with Gasteiger partial charge in [0, 0.05) is 40.8 Å². The molecule has 0 aliphatic rings. The Balaban J connectivity index is 1.59. The number of nitro groups is 1. The molecule has 1 heterocycles. The number of carbonyl (C=O) groups is 2. The molecule has 3 rings (SSSR count). The molecule has 1 aromatic heterocycles. The minimum Gasteiger partial charge on any atom is -0.497 e. The van der Waals surface area contributed by atoms with E-state index in [0.29, 0.717) is 28.3 Å².